The summed E-state index contributed by atoms with van der Waals surface area (Å²) in [6.07, 6.45) is 0. The Bertz CT molecular complexity index is 896. The topological polar surface area (TPSA) is 69.9 Å². The third kappa shape index (κ3) is 4.39. The molecule has 0 aliphatic heterocycles. The predicted octanol–water partition coefficient (Wildman–Crippen LogP) is 3.18. The number of carbonyl (C=O) groups excluding carboxylic acids is 1. The van der Waals surface area contributed by atoms with Crippen LogP contribution in [0.4, 0.5) is 4.39 Å². The summed E-state index contributed by atoms with van der Waals surface area (Å²) in [5.74, 6) is -0.571. The van der Waals surface area contributed by atoms with Crippen LogP contribution in [0.5, 0.6) is 0 Å². The largest absolute Gasteiger partial charge is 0.459 e. The first kappa shape index (κ1) is 17.0. The van der Waals surface area contributed by atoms with Gasteiger partial charge in [0.2, 0.25) is 5.82 Å². The summed E-state index contributed by atoms with van der Waals surface area (Å²) < 4.78 is 18.1. The van der Waals surface area contributed by atoms with E-state index < -0.39 is 11.8 Å². The second-order valence-electron chi connectivity index (χ2n) is 5.41. The summed E-state index contributed by atoms with van der Waals surface area (Å²) >= 11 is 5.88. The van der Waals surface area contributed by atoms with Gasteiger partial charge in [0.15, 0.2) is 6.54 Å². The van der Waals surface area contributed by atoms with Crippen LogP contribution in [0.2, 0.25) is 5.02 Å². The first-order valence-corrected chi connectivity index (χ1v) is 7.83. The Morgan fingerprint density at radius 3 is 2.72 bits per heavy atom. The minimum Gasteiger partial charge on any atom is -0.459 e. The van der Waals surface area contributed by atoms with Crippen molar-refractivity contribution >= 4 is 17.6 Å². The van der Waals surface area contributed by atoms with Crippen molar-refractivity contribution in [1.82, 2.24) is 20.2 Å². The van der Waals surface area contributed by atoms with E-state index in [1.807, 2.05) is 31.2 Å². The van der Waals surface area contributed by atoms with Gasteiger partial charge in [-0.25, -0.2) is 9.18 Å². The lowest BCUT2D eigenvalue weighted by Crippen LogP contribution is -2.16. The van der Waals surface area contributed by atoms with E-state index in [0.29, 0.717) is 11.4 Å². The zero-order valence-electron chi connectivity index (χ0n) is 13.3. The molecule has 0 saturated heterocycles. The van der Waals surface area contributed by atoms with Crippen LogP contribution in [-0.4, -0.2) is 26.2 Å². The minimum absolute atomic E-state index is 0.0581. The maximum absolute atomic E-state index is 13.0. The second-order valence-corrected chi connectivity index (χ2v) is 5.81. The molecule has 0 saturated carbocycles. The number of rotatable bonds is 5. The zero-order chi connectivity index (χ0) is 17.8. The van der Waals surface area contributed by atoms with Gasteiger partial charge in [0.1, 0.15) is 12.4 Å². The van der Waals surface area contributed by atoms with Crippen molar-refractivity contribution in [3.8, 4) is 11.4 Å². The highest BCUT2D eigenvalue weighted by Crippen LogP contribution is 2.18. The minimum atomic E-state index is -0.548. The third-order valence-corrected chi connectivity index (χ3v) is 3.79. The molecule has 0 bridgehead atoms. The molecule has 0 aliphatic rings. The van der Waals surface area contributed by atoms with Crippen LogP contribution in [-0.2, 0) is 22.7 Å². The molecule has 0 atom stereocenters. The first-order chi connectivity index (χ1) is 12.0. The SMILES string of the molecule is Cc1ccc(-c2nnn(CC(=O)OCc3ccc(F)cc3Cl)n2)cc1. The summed E-state index contributed by atoms with van der Waals surface area (Å²) in [7, 11) is 0. The summed E-state index contributed by atoms with van der Waals surface area (Å²) in [5.41, 5.74) is 2.45. The van der Waals surface area contributed by atoms with E-state index in [1.165, 1.54) is 12.1 Å². The number of aromatic nitrogens is 4. The fourth-order valence-corrected chi connectivity index (χ4v) is 2.31. The molecular formula is C17H14ClFN4O2. The molecule has 0 spiro atoms. The lowest BCUT2D eigenvalue weighted by atomic mass is 10.1. The monoisotopic (exact) mass is 360 g/mol. The number of nitrogens with zero attached hydrogens (tertiary/aromatic N) is 4. The number of carbonyl (C=O) groups is 1. The average molecular weight is 361 g/mol. The van der Waals surface area contributed by atoms with Crippen molar-refractivity contribution in [3.05, 3.63) is 64.4 Å². The normalized spacial score (nSPS) is 10.7. The predicted molar refractivity (Wildman–Crippen MR) is 89.2 cm³/mol. The Morgan fingerprint density at radius 1 is 1.24 bits per heavy atom. The molecule has 25 heavy (non-hydrogen) atoms. The van der Waals surface area contributed by atoms with Crippen molar-refractivity contribution in [2.24, 2.45) is 0 Å². The molecule has 128 valence electrons. The molecule has 3 aromatic rings. The van der Waals surface area contributed by atoms with E-state index in [2.05, 4.69) is 15.4 Å². The first-order valence-electron chi connectivity index (χ1n) is 7.45. The van der Waals surface area contributed by atoms with Crippen LogP contribution in [0.15, 0.2) is 42.5 Å². The van der Waals surface area contributed by atoms with E-state index in [4.69, 9.17) is 16.3 Å². The number of tetrazole rings is 1. The Hall–Kier alpha value is -2.80. The number of hydrogen-bond donors (Lipinski definition) is 0. The molecule has 3 rings (SSSR count). The van der Waals surface area contributed by atoms with Gasteiger partial charge in [-0.15, -0.1) is 10.2 Å². The van der Waals surface area contributed by atoms with Gasteiger partial charge in [-0.3, -0.25) is 0 Å². The lowest BCUT2D eigenvalue weighted by Gasteiger charge is -2.06. The number of benzene rings is 2. The van der Waals surface area contributed by atoms with Crippen LogP contribution < -0.4 is 0 Å². The fourth-order valence-electron chi connectivity index (χ4n) is 2.09. The average Bonchev–Trinajstić information content (AvgIpc) is 3.03. The summed E-state index contributed by atoms with van der Waals surface area (Å²) in [6, 6.07) is 11.5. The highest BCUT2D eigenvalue weighted by Gasteiger charge is 2.11. The highest BCUT2D eigenvalue weighted by atomic mass is 35.5. The number of esters is 1. The van der Waals surface area contributed by atoms with E-state index in [9.17, 15) is 9.18 Å². The van der Waals surface area contributed by atoms with E-state index in [1.54, 1.807) is 0 Å². The molecule has 0 amide bonds. The summed E-state index contributed by atoms with van der Waals surface area (Å²) in [6.45, 7) is 1.74. The van der Waals surface area contributed by atoms with Gasteiger partial charge in [0.05, 0.1) is 5.02 Å². The van der Waals surface area contributed by atoms with Gasteiger partial charge in [0.25, 0.3) is 0 Å². The van der Waals surface area contributed by atoms with Crippen molar-refractivity contribution in [1.29, 1.82) is 0 Å². The molecule has 1 aromatic heterocycles. The molecule has 6 nitrogen and oxygen atoms in total. The third-order valence-electron chi connectivity index (χ3n) is 3.44. The van der Waals surface area contributed by atoms with E-state index in [0.717, 1.165) is 22.0 Å². The fraction of sp³-hybridized carbons (Fsp3) is 0.176. The molecule has 2 aromatic carbocycles. The standard InChI is InChI=1S/C17H14ClFN4O2/c1-11-2-4-12(5-3-11)17-20-22-23(21-17)9-16(24)25-10-13-6-7-14(19)8-15(13)18/h2-8H,9-10H2,1H3. The van der Waals surface area contributed by atoms with Crippen molar-refractivity contribution in [2.45, 2.75) is 20.1 Å². The number of halogens is 2. The number of aryl methyl sites for hydroxylation is 1. The maximum atomic E-state index is 13.0. The smallest absolute Gasteiger partial charge is 0.330 e. The number of hydrogen-bond acceptors (Lipinski definition) is 5. The van der Waals surface area contributed by atoms with E-state index in [-0.39, 0.29) is 18.2 Å². The molecule has 0 radical (unpaired) electrons. The Morgan fingerprint density at radius 2 is 2.00 bits per heavy atom. The van der Waals surface area contributed by atoms with E-state index >= 15 is 0 Å². The van der Waals surface area contributed by atoms with Gasteiger partial charge >= 0.3 is 5.97 Å². The zero-order valence-corrected chi connectivity index (χ0v) is 14.1. The molecule has 0 unspecified atom stereocenters. The maximum Gasteiger partial charge on any atom is 0.330 e. The van der Waals surface area contributed by atoms with Crippen LogP contribution in [0.1, 0.15) is 11.1 Å². The van der Waals surface area contributed by atoms with Gasteiger partial charge in [-0.1, -0.05) is 47.5 Å². The molecule has 8 heteroatoms. The lowest BCUT2D eigenvalue weighted by molar-refractivity contribution is -0.146. The Labute approximate surface area is 148 Å². The van der Waals surface area contributed by atoms with Crippen LogP contribution in [0.3, 0.4) is 0 Å². The summed E-state index contributed by atoms with van der Waals surface area (Å²) in [4.78, 5) is 13.0. The Balaban J connectivity index is 1.59. The second kappa shape index (κ2) is 7.40. The van der Waals surface area contributed by atoms with Gasteiger partial charge < -0.3 is 4.74 Å². The van der Waals surface area contributed by atoms with Crippen LogP contribution >= 0.6 is 11.6 Å². The van der Waals surface area contributed by atoms with Crippen molar-refractivity contribution < 1.29 is 13.9 Å². The van der Waals surface area contributed by atoms with Gasteiger partial charge in [-0.05, 0) is 24.3 Å². The van der Waals surface area contributed by atoms with Gasteiger partial charge in [-0.2, -0.15) is 4.80 Å². The molecule has 0 N–H and O–H groups in total. The summed E-state index contributed by atoms with van der Waals surface area (Å²) in [5, 5.41) is 12.1. The molecule has 0 fully saturated rings. The molecule has 0 aliphatic carbocycles. The van der Waals surface area contributed by atoms with Crippen molar-refractivity contribution in [3.63, 3.8) is 0 Å². The highest BCUT2D eigenvalue weighted by molar-refractivity contribution is 6.31. The van der Waals surface area contributed by atoms with Crippen molar-refractivity contribution in [2.75, 3.05) is 0 Å². The van der Waals surface area contributed by atoms with Gasteiger partial charge in [0, 0.05) is 11.1 Å². The number of ether oxygens (including phenoxy) is 1. The Kier molecular flexibility index (Phi) is 5.04. The van der Waals surface area contributed by atoms with Crippen LogP contribution in [0.25, 0.3) is 11.4 Å². The quantitative estimate of drug-likeness (QED) is 0.653. The molecular weight excluding hydrogens is 347 g/mol. The molecule has 1 heterocycles. The van der Waals surface area contributed by atoms with Crippen LogP contribution in [0, 0.1) is 12.7 Å².